The molecule has 0 atom stereocenters. The fourth-order valence-corrected chi connectivity index (χ4v) is 1.69. The van der Waals surface area contributed by atoms with Crippen molar-refractivity contribution in [3.63, 3.8) is 0 Å². The Balaban J connectivity index is 2.55. The Morgan fingerprint density at radius 1 is 0.833 bits per heavy atom. The van der Waals surface area contributed by atoms with Crippen LogP contribution in [0.2, 0.25) is 0 Å². The number of nitrogens with zero attached hydrogens (tertiary/aromatic N) is 1. The van der Waals surface area contributed by atoms with E-state index in [1.54, 1.807) is 24.3 Å². The van der Waals surface area contributed by atoms with Gasteiger partial charge in [-0.05, 0) is 24.3 Å². The van der Waals surface area contributed by atoms with E-state index in [4.69, 9.17) is 5.73 Å². The number of hydrogen-bond acceptors (Lipinski definition) is 2. The van der Waals surface area contributed by atoms with E-state index in [0.717, 1.165) is 0 Å². The van der Waals surface area contributed by atoms with Crippen LogP contribution in [-0.2, 0) is 0 Å². The van der Waals surface area contributed by atoms with Crippen molar-refractivity contribution in [3.8, 4) is 0 Å². The largest absolute Gasteiger partial charge is 0.489 e. The molecule has 2 aromatic rings. The Hall–Kier alpha value is -2.17. The van der Waals surface area contributed by atoms with Gasteiger partial charge in [0.2, 0.25) is 0 Å². The average molecular weight is 252 g/mol. The highest BCUT2D eigenvalue weighted by atomic mass is 19.4. The molecule has 0 heterocycles. The van der Waals surface area contributed by atoms with Crippen molar-refractivity contribution in [1.29, 1.82) is 0 Å². The maximum Gasteiger partial charge on any atom is 0.489 e. The van der Waals surface area contributed by atoms with Crippen molar-refractivity contribution < 1.29 is 13.2 Å². The van der Waals surface area contributed by atoms with Crippen LogP contribution in [0.5, 0.6) is 0 Å². The topological polar surface area (TPSA) is 29.3 Å². The third-order valence-corrected chi connectivity index (χ3v) is 2.45. The molecule has 2 nitrogen and oxygen atoms in total. The maximum absolute atomic E-state index is 13.1. The summed E-state index contributed by atoms with van der Waals surface area (Å²) < 4.78 is 39.4. The summed E-state index contributed by atoms with van der Waals surface area (Å²) in [5, 5.41) is 0. The van der Waals surface area contributed by atoms with Gasteiger partial charge in [0.1, 0.15) is 0 Å². The van der Waals surface area contributed by atoms with Crippen molar-refractivity contribution in [1.82, 2.24) is 0 Å². The highest BCUT2D eigenvalue weighted by molar-refractivity contribution is 5.75. The Morgan fingerprint density at radius 2 is 1.39 bits per heavy atom. The monoisotopic (exact) mass is 252 g/mol. The van der Waals surface area contributed by atoms with Gasteiger partial charge >= 0.3 is 6.30 Å². The summed E-state index contributed by atoms with van der Waals surface area (Å²) in [6.07, 6.45) is -4.53. The van der Waals surface area contributed by atoms with Crippen LogP contribution in [0.3, 0.4) is 0 Å². The van der Waals surface area contributed by atoms with Gasteiger partial charge in [0.25, 0.3) is 0 Å². The second kappa shape index (κ2) is 4.60. The van der Waals surface area contributed by atoms with Gasteiger partial charge in [0.15, 0.2) is 0 Å². The van der Waals surface area contributed by atoms with Crippen LogP contribution >= 0.6 is 0 Å². The van der Waals surface area contributed by atoms with Gasteiger partial charge in [-0.25, -0.2) is 0 Å². The Bertz CT molecular complexity index is 523. The van der Waals surface area contributed by atoms with Crippen molar-refractivity contribution in [3.05, 3.63) is 54.6 Å². The predicted molar refractivity (Wildman–Crippen MR) is 65.5 cm³/mol. The van der Waals surface area contributed by atoms with E-state index in [-0.39, 0.29) is 22.0 Å². The zero-order valence-corrected chi connectivity index (χ0v) is 9.35. The lowest BCUT2D eigenvalue weighted by molar-refractivity contribution is -0.120. The van der Waals surface area contributed by atoms with Crippen LogP contribution in [-0.4, -0.2) is 6.30 Å². The van der Waals surface area contributed by atoms with Crippen molar-refractivity contribution >= 4 is 17.1 Å². The Kier molecular flexibility index (Phi) is 3.14. The van der Waals surface area contributed by atoms with Crippen LogP contribution in [0.15, 0.2) is 54.6 Å². The zero-order valence-electron chi connectivity index (χ0n) is 9.35. The molecule has 0 fully saturated rings. The highest BCUT2D eigenvalue weighted by Crippen LogP contribution is 2.38. The number of hydrogen-bond donors (Lipinski definition) is 1. The van der Waals surface area contributed by atoms with Gasteiger partial charge in [-0.1, -0.05) is 30.3 Å². The second-order valence-corrected chi connectivity index (χ2v) is 3.70. The van der Waals surface area contributed by atoms with Gasteiger partial charge in [-0.3, -0.25) is 4.90 Å². The van der Waals surface area contributed by atoms with Crippen molar-refractivity contribution in [2.45, 2.75) is 6.30 Å². The normalized spacial score (nSPS) is 11.3. The summed E-state index contributed by atoms with van der Waals surface area (Å²) in [6, 6.07) is 13.4. The third-order valence-electron chi connectivity index (χ3n) is 2.45. The lowest BCUT2D eigenvalue weighted by atomic mass is 10.2. The lowest BCUT2D eigenvalue weighted by Crippen LogP contribution is -2.34. The Morgan fingerprint density at radius 3 is 1.94 bits per heavy atom. The summed E-state index contributed by atoms with van der Waals surface area (Å²) >= 11 is 0. The molecule has 2 rings (SSSR count). The van der Waals surface area contributed by atoms with Crippen LogP contribution in [0, 0.1) is 0 Å². The van der Waals surface area contributed by atoms with Crippen LogP contribution in [0.4, 0.5) is 30.2 Å². The lowest BCUT2D eigenvalue weighted by Gasteiger charge is -2.28. The molecule has 2 aromatic carbocycles. The molecule has 0 saturated heterocycles. The fourth-order valence-electron chi connectivity index (χ4n) is 1.69. The van der Waals surface area contributed by atoms with E-state index in [1.807, 2.05) is 0 Å². The minimum atomic E-state index is -4.53. The molecule has 0 bridgehead atoms. The zero-order chi connectivity index (χ0) is 13.2. The van der Waals surface area contributed by atoms with Gasteiger partial charge in [-0.15, -0.1) is 13.2 Å². The van der Waals surface area contributed by atoms with Crippen molar-refractivity contribution in [2.24, 2.45) is 0 Å². The molecule has 18 heavy (non-hydrogen) atoms. The first-order chi connectivity index (χ1) is 8.50. The third kappa shape index (κ3) is 2.40. The summed E-state index contributed by atoms with van der Waals surface area (Å²) in [7, 11) is 0. The number of nitrogen functional groups attached to an aromatic ring is 1. The number of anilines is 3. The molecule has 2 N–H and O–H groups in total. The van der Waals surface area contributed by atoms with Crippen LogP contribution in [0.1, 0.15) is 0 Å². The van der Waals surface area contributed by atoms with E-state index < -0.39 is 6.30 Å². The second-order valence-electron chi connectivity index (χ2n) is 3.70. The quantitative estimate of drug-likeness (QED) is 0.648. The average Bonchev–Trinajstić information content (AvgIpc) is 2.32. The van der Waals surface area contributed by atoms with Gasteiger partial charge in [0.05, 0.1) is 11.4 Å². The number of halogens is 3. The highest BCUT2D eigenvalue weighted by Gasteiger charge is 2.39. The van der Waals surface area contributed by atoms with Crippen molar-refractivity contribution in [2.75, 3.05) is 10.6 Å². The molecule has 0 aliphatic carbocycles. The molecule has 0 aliphatic rings. The van der Waals surface area contributed by atoms with Gasteiger partial charge < -0.3 is 5.73 Å². The molecule has 0 unspecified atom stereocenters. The summed E-state index contributed by atoms with van der Waals surface area (Å²) in [6.45, 7) is 0. The molecule has 0 radical (unpaired) electrons. The standard InChI is InChI=1S/C13H11F3N2/c14-13(15,16)18(10-6-2-1-3-7-10)12-9-5-4-8-11(12)17/h1-9H,17H2. The van der Waals surface area contributed by atoms with Crippen LogP contribution < -0.4 is 10.6 Å². The number of para-hydroxylation sites is 3. The number of nitrogens with two attached hydrogens (primary N) is 1. The number of rotatable bonds is 2. The maximum atomic E-state index is 13.1. The minimum Gasteiger partial charge on any atom is -0.397 e. The molecule has 5 heteroatoms. The van der Waals surface area contributed by atoms with E-state index in [1.165, 1.54) is 30.3 Å². The smallest absolute Gasteiger partial charge is 0.397 e. The Labute approximate surface area is 102 Å². The SMILES string of the molecule is Nc1ccccc1N(c1ccccc1)C(F)(F)F. The number of benzene rings is 2. The van der Waals surface area contributed by atoms with Gasteiger partial charge in [0, 0.05) is 5.69 Å². The fraction of sp³-hybridized carbons (Fsp3) is 0.0769. The van der Waals surface area contributed by atoms with Gasteiger partial charge in [-0.2, -0.15) is 0 Å². The first-order valence-corrected chi connectivity index (χ1v) is 5.26. The van der Waals surface area contributed by atoms with E-state index in [0.29, 0.717) is 0 Å². The molecule has 0 spiro atoms. The first-order valence-electron chi connectivity index (χ1n) is 5.26. The summed E-state index contributed by atoms with van der Waals surface area (Å²) in [5.41, 5.74) is 5.65. The van der Waals surface area contributed by atoms with E-state index in [2.05, 4.69) is 0 Å². The first kappa shape index (κ1) is 12.3. The minimum absolute atomic E-state index is 0.0305. The number of alkyl halides is 3. The predicted octanol–water partition coefficient (Wildman–Crippen LogP) is 3.93. The molecule has 94 valence electrons. The summed E-state index contributed by atoms with van der Waals surface area (Å²) in [5.74, 6) is 0. The molecule has 0 amide bonds. The molecule has 0 saturated carbocycles. The molecule has 0 aliphatic heterocycles. The molecular weight excluding hydrogens is 241 g/mol. The van der Waals surface area contributed by atoms with Crippen LogP contribution in [0.25, 0.3) is 0 Å². The van der Waals surface area contributed by atoms with E-state index in [9.17, 15) is 13.2 Å². The molecule has 0 aromatic heterocycles. The molecular formula is C13H11F3N2. The van der Waals surface area contributed by atoms with E-state index >= 15 is 0 Å². The summed E-state index contributed by atoms with van der Waals surface area (Å²) in [4.78, 5) is 0.266.